The molecule has 1 N–H and O–H groups in total. The van der Waals surface area contributed by atoms with E-state index >= 15 is 0 Å². The van der Waals surface area contributed by atoms with Crippen LogP contribution in [0.15, 0.2) is 0 Å². The summed E-state index contributed by atoms with van der Waals surface area (Å²) in [5, 5.41) is 3.44. The van der Waals surface area contributed by atoms with E-state index < -0.39 is 0 Å². The van der Waals surface area contributed by atoms with Gasteiger partial charge in [-0.25, -0.2) is 0 Å². The maximum absolute atomic E-state index is 5.92. The van der Waals surface area contributed by atoms with Crippen molar-refractivity contribution in [3.05, 3.63) is 0 Å². The average Bonchev–Trinajstić information content (AvgIpc) is 2.80. The summed E-state index contributed by atoms with van der Waals surface area (Å²) in [6.45, 7) is 2.47. The molecule has 3 unspecified atom stereocenters. The molecule has 0 aromatic heterocycles. The summed E-state index contributed by atoms with van der Waals surface area (Å²) < 4.78 is 5.92. The van der Waals surface area contributed by atoms with Gasteiger partial charge in [-0.2, -0.15) is 0 Å². The van der Waals surface area contributed by atoms with Crippen LogP contribution in [0, 0.1) is 11.8 Å². The molecular formula is C11H19NO. The second-order valence-electron chi connectivity index (χ2n) is 4.86. The van der Waals surface area contributed by atoms with Crippen LogP contribution in [0.4, 0.5) is 0 Å². The number of nitrogens with one attached hydrogen (secondary N) is 1. The van der Waals surface area contributed by atoms with E-state index in [4.69, 9.17) is 4.74 Å². The molecule has 0 spiro atoms. The van der Waals surface area contributed by atoms with E-state index in [1.807, 2.05) is 0 Å². The zero-order valence-corrected chi connectivity index (χ0v) is 8.17. The van der Waals surface area contributed by atoms with E-state index in [-0.39, 0.29) is 0 Å². The van der Waals surface area contributed by atoms with Gasteiger partial charge in [-0.15, -0.1) is 0 Å². The summed E-state index contributed by atoms with van der Waals surface area (Å²) in [7, 11) is 0. The summed E-state index contributed by atoms with van der Waals surface area (Å²) in [6, 6.07) is 0. The molecule has 3 aliphatic rings. The minimum atomic E-state index is 0.643. The van der Waals surface area contributed by atoms with Crippen LogP contribution in [0.1, 0.15) is 32.1 Å². The Hall–Kier alpha value is -0.0800. The number of rotatable bonds is 1. The van der Waals surface area contributed by atoms with Crippen molar-refractivity contribution in [2.24, 2.45) is 11.8 Å². The highest BCUT2D eigenvalue weighted by Crippen LogP contribution is 2.44. The standard InChI is InChI=1S/C11H19NO/c1-2-11-10(7-9(1)13-11)8-3-5-12-6-4-8/h8-12H,1-7H2. The predicted molar refractivity (Wildman–Crippen MR) is 51.6 cm³/mol. The van der Waals surface area contributed by atoms with E-state index in [2.05, 4.69) is 5.32 Å². The smallest absolute Gasteiger partial charge is 0.0611 e. The van der Waals surface area contributed by atoms with Gasteiger partial charge in [0.15, 0.2) is 0 Å². The Morgan fingerprint density at radius 2 is 1.85 bits per heavy atom. The largest absolute Gasteiger partial charge is 0.375 e. The van der Waals surface area contributed by atoms with E-state index in [1.165, 1.54) is 45.2 Å². The topological polar surface area (TPSA) is 21.3 Å². The molecular weight excluding hydrogens is 162 g/mol. The molecule has 0 amide bonds. The molecule has 13 heavy (non-hydrogen) atoms. The molecule has 3 aliphatic heterocycles. The van der Waals surface area contributed by atoms with Crippen LogP contribution in [-0.4, -0.2) is 25.3 Å². The monoisotopic (exact) mass is 181 g/mol. The summed E-state index contributed by atoms with van der Waals surface area (Å²) in [5.74, 6) is 1.89. The maximum Gasteiger partial charge on any atom is 0.0611 e. The lowest BCUT2D eigenvalue weighted by Crippen LogP contribution is -2.35. The lowest BCUT2D eigenvalue weighted by molar-refractivity contribution is 0.0769. The fourth-order valence-electron chi connectivity index (χ4n) is 3.45. The third kappa shape index (κ3) is 1.40. The second kappa shape index (κ2) is 3.25. The Labute approximate surface area is 80.0 Å². The van der Waals surface area contributed by atoms with Gasteiger partial charge >= 0.3 is 0 Å². The molecule has 0 aromatic rings. The SMILES string of the molecule is C1CC(C2CC3CCC2O3)CCN1. The molecule has 3 rings (SSSR count). The summed E-state index contributed by atoms with van der Waals surface area (Å²) in [4.78, 5) is 0. The number of hydrogen-bond acceptors (Lipinski definition) is 2. The molecule has 2 heteroatoms. The van der Waals surface area contributed by atoms with E-state index in [1.54, 1.807) is 0 Å². The minimum Gasteiger partial charge on any atom is -0.375 e. The first-order valence-corrected chi connectivity index (χ1v) is 5.79. The van der Waals surface area contributed by atoms with Gasteiger partial charge in [0.05, 0.1) is 12.2 Å². The first-order chi connectivity index (χ1) is 6.43. The van der Waals surface area contributed by atoms with Crippen LogP contribution >= 0.6 is 0 Å². The van der Waals surface area contributed by atoms with Crippen LogP contribution in [0.2, 0.25) is 0 Å². The Kier molecular flexibility index (Phi) is 2.06. The van der Waals surface area contributed by atoms with Crippen LogP contribution < -0.4 is 5.32 Å². The zero-order chi connectivity index (χ0) is 8.67. The normalized spacial score (nSPS) is 45.7. The second-order valence-corrected chi connectivity index (χ2v) is 4.86. The van der Waals surface area contributed by atoms with Crippen molar-refractivity contribution in [3.8, 4) is 0 Å². The average molecular weight is 181 g/mol. The highest BCUT2D eigenvalue weighted by Gasteiger charge is 2.44. The summed E-state index contributed by atoms with van der Waals surface area (Å²) in [6.07, 6.45) is 8.12. The lowest BCUT2D eigenvalue weighted by atomic mass is 9.76. The minimum absolute atomic E-state index is 0.643. The quantitative estimate of drug-likeness (QED) is 0.662. The van der Waals surface area contributed by atoms with Crippen LogP contribution in [-0.2, 0) is 4.74 Å². The van der Waals surface area contributed by atoms with Crippen molar-refractivity contribution in [3.63, 3.8) is 0 Å². The van der Waals surface area contributed by atoms with Crippen molar-refractivity contribution < 1.29 is 4.74 Å². The number of hydrogen-bond donors (Lipinski definition) is 1. The first kappa shape index (κ1) is 8.25. The van der Waals surface area contributed by atoms with Crippen molar-refractivity contribution in [2.75, 3.05) is 13.1 Å². The Morgan fingerprint density at radius 3 is 2.46 bits per heavy atom. The molecule has 3 atom stereocenters. The molecule has 3 heterocycles. The van der Waals surface area contributed by atoms with Gasteiger partial charge < -0.3 is 10.1 Å². The predicted octanol–water partition coefficient (Wildman–Crippen LogP) is 1.55. The molecule has 0 aliphatic carbocycles. The third-order valence-corrected chi connectivity index (χ3v) is 4.14. The molecule has 2 nitrogen and oxygen atoms in total. The molecule has 0 aromatic carbocycles. The molecule has 3 fully saturated rings. The van der Waals surface area contributed by atoms with Crippen molar-refractivity contribution >= 4 is 0 Å². The maximum atomic E-state index is 5.92. The molecule has 74 valence electrons. The highest BCUT2D eigenvalue weighted by atomic mass is 16.5. The molecule has 0 saturated carbocycles. The van der Waals surface area contributed by atoms with Gasteiger partial charge in [0.1, 0.15) is 0 Å². The fourth-order valence-corrected chi connectivity index (χ4v) is 3.45. The third-order valence-electron chi connectivity index (χ3n) is 4.14. The van der Waals surface area contributed by atoms with Crippen molar-refractivity contribution in [1.29, 1.82) is 0 Å². The van der Waals surface area contributed by atoms with Gasteiger partial charge in [-0.1, -0.05) is 0 Å². The fraction of sp³-hybridized carbons (Fsp3) is 1.00. The van der Waals surface area contributed by atoms with E-state index in [9.17, 15) is 0 Å². The molecule has 0 radical (unpaired) electrons. The molecule has 3 saturated heterocycles. The van der Waals surface area contributed by atoms with Crippen LogP contribution in [0.3, 0.4) is 0 Å². The lowest BCUT2D eigenvalue weighted by Gasteiger charge is -2.31. The van der Waals surface area contributed by atoms with Crippen LogP contribution in [0.5, 0.6) is 0 Å². The number of ether oxygens (including phenoxy) is 1. The van der Waals surface area contributed by atoms with Gasteiger partial charge in [0.2, 0.25) is 0 Å². The van der Waals surface area contributed by atoms with Crippen molar-refractivity contribution in [2.45, 2.75) is 44.3 Å². The highest BCUT2D eigenvalue weighted by molar-refractivity contribution is 4.93. The van der Waals surface area contributed by atoms with Crippen molar-refractivity contribution in [1.82, 2.24) is 5.32 Å². The zero-order valence-electron chi connectivity index (χ0n) is 8.17. The van der Waals surface area contributed by atoms with Crippen LogP contribution in [0.25, 0.3) is 0 Å². The first-order valence-electron chi connectivity index (χ1n) is 5.79. The van der Waals surface area contributed by atoms with Gasteiger partial charge in [-0.05, 0) is 57.0 Å². The van der Waals surface area contributed by atoms with E-state index in [0.717, 1.165) is 11.8 Å². The van der Waals surface area contributed by atoms with Gasteiger partial charge in [-0.3, -0.25) is 0 Å². The molecule has 2 bridgehead atoms. The Bertz CT molecular complexity index is 189. The number of fused-ring (bicyclic) bond motifs is 2. The summed E-state index contributed by atoms with van der Waals surface area (Å²) in [5.41, 5.74) is 0. The Balaban J connectivity index is 1.65. The Morgan fingerprint density at radius 1 is 1.00 bits per heavy atom. The number of piperidine rings is 1. The van der Waals surface area contributed by atoms with Gasteiger partial charge in [0.25, 0.3) is 0 Å². The van der Waals surface area contributed by atoms with E-state index in [0.29, 0.717) is 12.2 Å². The van der Waals surface area contributed by atoms with Gasteiger partial charge in [0, 0.05) is 0 Å². The summed E-state index contributed by atoms with van der Waals surface area (Å²) >= 11 is 0.